The Balaban J connectivity index is 0.00000141. The van der Waals surface area contributed by atoms with Crippen LogP contribution in [0.3, 0.4) is 0 Å². The van der Waals surface area contributed by atoms with Gasteiger partial charge in [0.25, 0.3) is 5.91 Å². The molecule has 0 saturated carbocycles. The molecule has 2 aliphatic heterocycles. The number of rotatable bonds is 6. The minimum absolute atomic E-state index is 0.121. The number of benzene rings is 1. The van der Waals surface area contributed by atoms with Gasteiger partial charge < -0.3 is 25.3 Å². The number of pyridine rings is 2. The van der Waals surface area contributed by atoms with Crippen LogP contribution in [0.15, 0.2) is 48.8 Å². The highest BCUT2D eigenvalue weighted by atomic mass is 16.5. The van der Waals surface area contributed by atoms with Gasteiger partial charge in [-0.1, -0.05) is 19.9 Å². The number of hydrogen-bond acceptors (Lipinski definition) is 7. The third-order valence-corrected chi connectivity index (χ3v) is 6.17. The smallest absolute Gasteiger partial charge is 0.254 e. The number of carbonyl (C=O) groups is 1. The zero-order valence-electron chi connectivity index (χ0n) is 20.9. The van der Waals surface area contributed by atoms with Crippen molar-refractivity contribution in [1.82, 2.24) is 19.8 Å². The molecule has 0 unspecified atom stereocenters. The Kier molecular flexibility index (Phi) is 7.12. The van der Waals surface area contributed by atoms with E-state index < -0.39 is 0 Å². The maximum Gasteiger partial charge on any atom is 0.254 e. The molecule has 182 valence electrons. The van der Waals surface area contributed by atoms with Crippen molar-refractivity contribution in [2.45, 2.75) is 33.4 Å². The third kappa shape index (κ3) is 4.88. The van der Waals surface area contributed by atoms with Gasteiger partial charge in [-0.05, 0) is 37.7 Å². The molecule has 35 heavy (non-hydrogen) atoms. The van der Waals surface area contributed by atoms with Gasteiger partial charge in [0.15, 0.2) is 0 Å². The lowest BCUT2D eigenvalue weighted by molar-refractivity contribution is 0.0386. The van der Waals surface area contributed by atoms with E-state index in [0.717, 1.165) is 41.2 Å². The van der Waals surface area contributed by atoms with E-state index in [9.17, 15) is 4.79 Å². The van der Waals surface area contributed by atoms with Crippen LogP contribution < -0.4 is 10.1 Å². The van der Waals surface area contributed by atoms with Gasteiger partial charge in [0.1, 0.15) is 17.2 Å². The summed E-state index contributed by atoms with van der Waals surface area (Å²) in [7, 11) is 3.86. The number of likely N-dealkylation sites (tertiary alicyclic amines) is 1. The highest BCUT2D eigenvalue weighted by Crippen LogP contribution is 2.32. The van der Waals surface area contributed by atoms with Crippen molar-refractivity contribution in [3.05, 3.63) is 65.6 Å². The predicted octanol–water partition coefficient (Wildman–Crippen LogP) is 4.66. The van der Waals surface area contributed by atoms with E-state index >= 15 is 0 Å². The van der Waals surface area contributed by atoms with Crippen LogP contribution in [0.4, 0.5) is 5.69 Å². The van der Waals surface area contributed by atoms with Crippen molar-refractivity contribution in [2.24, 2.45) is 0 Å². The van der Waals surface area contributed by atoms with Crippen molar-refractivity contribution in [2.75, 3.05) is 32.5 Å². The topological polar surface area (TPSA) is 94.4 Å². The van der Waals surface area contributed by atoms with Gasteiger partial charge in [0.05, 0.1) is 29.3 Å². The lowest BCUT2D eigenvalue weighted by atomic mass is 10.0. The summed E-state index contributed by atoms with van der Waals surface area (Å²) in [4.78, 5) is 25.9. The Hall–Kier alpha value is -3.78. The Bertz CT molecular complexity index is 1250. The Morgan fingerprint density at radius 2 is 1.89 bits per heavy atom. The first kappa shape index (κ1) is 24.3. The fourth-order valence-electron chi connectivity index (χ4n) is 4.42. The van der Waals surface area contributed by atoms with Crippen molar-refractivity contribution in [3.8, 4) is 22.8 Å². The zero-order valence-corrected chi connectivity index (χ0v) is 20.9. The number of nitrogens with one attached hydrogen (secondary N) is 2. The molecule has 2 N–H and O–H groups in total. The molecule has 1 amide bonds. The molecule has 2 aromatic heterocycles. The van der Waals surface area contributed by atoms with Gasteiger partial charge >= 0.3 is 0 Å². The normalized spacial score (nSPS) is 15.1. The van der Waals surface area contributed by atoms with Crippen molar-refractivity contribution in [1.29, 1.82) is 5.41 Å². The number of hydrogen-bond donors (Lipinski definition) is 2. The quantitative estimate of drug-likeness (QED) is 0.507. The van der Waals surface area contributed by atoms with Crippen molar-refractivity contribution >= 4 is 17.3 Å². The van der Waals surface area contributed by atoms with E-state index in [-0.39, 0.29) is 5.91 Å². The van der Waals surface area contributed by atoms with Crippen LogP contribution in [0.25, 0.3) is 11.3 Å². The first-order valence-corrected chi connectivity index (χ1v) is 11.9. The number of amides is 1. The van der Waals surface area contributed by atoms with Crippen LogP contribution in [-0.4, -0.2) is 64.6 Å². The second-order valence-electron chi connectivity index (χ2n) is 8.60. The fourth-order valence-corrected chi connectivity index (χ4v) is 4.42. The minimum Gasteiger partial charge on any atom is -0.456 e. The Morgan fingerprint density at radius 1 is 1.11 bits per heavy atom. The number of likely N-dealkylation sites (N-methyl/N-ethyl adjacent to an activating group) is 1. The number of carbonyl (C=O) groups excluding carboxylic acids is 1. The average molecular weight is 473 g/mol. The summed E-state index contributed by atoms with van der Waals surface area (Å²) >= 11 is 0. The van der Waals surface area contributed by atoms with Crippen molar-refractivity contribution in [3.63, 3.8) is 0 Å². The van der Waals surface area contributed by atoms with Crippen LogP contribution in [0.2, 0.25) is 0 Å². The molecule has 1 fully saturated rings. The highest BCUT2D eigenvalue weighted by molar-refractivity contribution is 6.00. The molecule has 0 bridgehead atoms. The second-order valence-corrected chi connectivity index (χ2v) is 8.60. The van der Waals surface area contributed by atoms with Crippen LogP contribution in [-0.2, 0) is 6.54 Å². The summed E-state index contributed by atoms with van der Waals surface area (Å²) in [5.41, 5.74) is 5.26. The molecular weight excluding hydrogens is 440 g/mol. The summed E-state index contributed by atoms with van der Waals surface area (Å²) in [6.45, 7) is 8.21. The molecule has 8 nitrogen and oxygen atoms in total. The van der Waals surface area contributed by atoms with E-state index in [1.165, 1.54) is 0 Å². The maximum absolute atomic E-state index is 12.8. The van der Waals surface area contributed by atoms with Gasteiger partial charge in [-0.25, -0.2) is 4.98 Å². The van der Waals surface area contributed by atoms with Gasteiger partial charge in [-0.15, -0.1) is 0 Å². The SMILES string of the molecule is CC.CNc1cc(Oc2ccnc(-c3ccc4c(c3)CN(C3CN(C)C3)C4=O)c2)cnc1C(C)=N. The summed E-state index contributed by atoms with van der Waals surface area (Å²) in [6, 6.07) is 11.7. The standard InChI is InChI=1S/C25H26N6O2.C2H6/c1-15(26)24-23(27-2)10-20(11-29-24)33-19-6-7-28-22(9-19)16-4-5-21-17(8-16)12-31(25(21)32)18-13-30(3)14-18;1-2/h4-11,18,26-27H,12-14H2,1-3H3;1-2H3. The Morgan fingerprint density at radius 3 is 2.57 bits per heavy atom. The summed E-state index contributed by atoms with van der Waals surface area (Å²) in [5.74, 6) is 1.33. The molecule has 4 heterocycles. The largest absolute Gasteiger partial charge is 0.456 e. The monoisotopic (exact) mass is 472 g/mol. The molecule has 2 aliphatic rings. The fraction of sp³-hybridized carbons (Fsp3) is 0.333. The van der Waals surface area contributed by atoms with E-state index in [2.05, 4.69) is 33.3 Å². The highest BCUT2D eigenvalue weighted by Gasteiger charge is 2.37. The predicted molar refractivity (Wildman–Crippen MR) is 139 cm³/mol. The van der Waals surface area contributed by atoms with Crippen LogP contribution >= 0.6 is 0 Å². The summed E-state index contributed by atoms with van der Waals surface area (Å²) < 4.78 is 6.03. The number of fused-ring (bicyclic) bond motifs is 1. The average Bonchev–Trinajstić information content (AvgIpc) is 3.18. The third-order valence-electron chi connectivity index (χ3n) is 6.17. The van der Waals surface area contributed by atoms with Gasteiger partial charge in [0, 0.05) is 56.1 Å². The van der Waals surface area contributed by atoms with Crippen molar-refractivity contribution < 1.29 is 9.53 Å². The molecule has 1 aromatic carbocycles. The maximum atomic E-state index is 12.8. The van der Waals surface area contributed by atoms with E-state index in [1.54, 1.807) is 32.4 Å². The zero-order chi connectivity index (χ0) is 25.1. The number of anilines is 1. The van der Waals surface area contributed by atoms with Crippen LogP contribution in [0.1, 0.15) is 42.4 Å². The van der Waals surface area contributed by atoms with Crippen LogP contribution in [0, 0.1) is 5.41 Å². The second kappa shape index (κ2) is 10.2. The Labute approximate surface area is 206 Å². The number of nitrogens with zero attached hydrogens (tertiary/aromatic N) is 4. The molecule has 1 saturated heterocycles. The molecule has 0 atom stereocenters. The molecule has 0 aliphatic carbocycles. The molecule has 3 aromatic rings. The van der Waals surface area contributed by atoms with E-state index in [0.29, 0.717) is 35.5 Å². The minimum atomic E-state index is 0.121. The molecule has 5 rings (SSSR count). The lowest BCUT2D eigenvalue weighted by Crippen LogP contribution is -2.57. The lowest BCUT2D eigenvalue weighted by Gasteiger charge is -2.41. The summed E-state index contributed by atoms with van der Waals surface area (Å²) in [5, 5.41) is 10.9. The van der Waals surface area contributed by atoms with Gasteiger partial charge in [-0.2, -0.15) is 0 Å². The number of aromatic nitrogens is 2. The first-order valence-electron chi connectivity index (χ1n) is 11.9. The van der Waals surface area contributed by atoms with Crippen LogP contribution in [0.5, 0.6) is 11.5 Å². The molecule has 8 heteroatoms. The first-order chi connectivity index (χ1) is 16.9. The van der Waals surface area contributed by atoms with E-state index in [1.807, 2.05) is 43.0 Å². The molecule has 0 radical (unpaired) electrons. The molecular formula is C27H32N6O2. The molecule has 0 spiro atoms. The van der Waals surface area contributed by atoms with Gasteiger partial charge in [-0.3, -0.25) is 9.78 Å². The van der Waals surface area contributed by atoms with E-state index in [4.69, 9.17) is 10.1 Å². The van der Waals surface area contributed by atoms with Gasteiger partial charge in [0.2, 0.25) is 0 Å². The summed E-state index contributed by atoms with van der Waals surface area (Å²) in [6.07, 6.45) is 3.32. The number of ether oxygens (including phenoxy) is 1.